The summed E-state index contributed by atoms with van der Waals surface area (Å²) in [6, 6.07) is 12.2. The van der Waals surface area contributed by atoms with Crippen molar-refractivity contribution in [2.24, 2.45) is 5.92 Å². The van der Waals surface area contributed by atoms with Gasteiger partial charge in [-0.15, -0.1) is 0 Å². The van der Waals surface area contributed by atoms with Crippen LogP contribution in [0.4, 0.5) is 5.69 Å². The molecule has 0 radical (unpaired) electrons. The highest BCUT2D eigenvalue weighted by molar-refractivity contribution is 7.92. The number of anilines is 1. The fourth-order valence-corrected chi connectivity index (χ4v) is 5.41. The Morgan fingerprint density at radius 2 is 1.97 bits per heavy atom. The van der Waals surface area contributed by atoms with E-state index < -0.39 is 10.0 Å². The molecule has 2 aromatic carbocycles. The Balaban J connectivity index is 1.65. The fraction of sp³-hybridized carbons (Fsp3) is 0.458. The van der Waals surface area contributed by atoms with Gasteiger partial charge in [0, 0.05) is 30.4 Å². The van der Waals surface area contributed by atoms with E-state index in [-0.39, 0.29) is 16.8 Å². The van der Waals surface area contributed by atoms with E-state index in [1.165, 1.54) is 12.8 Å². The number of hydrogen-bond donors (Lipinski definition) is 2. The van der Waals surface area contributed by atoms with E-state index in [1.807, 2.05) is 13.0 Å². The van der Waals surface area contributed by atoms with Gasteiger partial charge in [0.1, 0.15) is 0 Å². The summed E-state index contributed by atoms with van der Waals surface area (Å²) >= 11 is 0. The number of sulfonamides is 1. The first-order chi connectivity index (χ1) is 14.7. The molecule has 3 rings (SSSR count). The van der Waals surface area contributed by atoms with Crippen molar-refractivity contribution in [2.45, 2.75) is 51.5 Å². The van der Waals surface area contributed by atoms with Crippen LogP contribution in [0.5, 0.6) is 0 Å². The normalized spacial score (nSPS) is 18.4. The van der Waals surface area contributed by atoms with Crippen LogP contribution in [0.2, 0.25) is 0 Å². The Kier molecular flexibility index (Phi) is 7.38. The Morgan fingerprint density at radius 3 is 2.71 bits per heavy atom. The third kappa shape index (κ3) is 6.08. The maximum atomic E-state index is 12.9. The molecule has 0 spiro atoms. The van der Waals surface area contributed by atoms with Crippen LogP contribution >= 0.6 is 0 Å². The summed E-state index contributed by atoms with van der Waals surface area (Å²) in [4.78, 5) is 15.3. The van der Waals surface area contributed by atoms with Crippen molar-refractivity contribution < 1.29 is 13.2 Å². The van der Waals surface area contributed by atoms with Gasteiger partial charge in [0.25, 0.3) is 15.9 Å². The van der Waals surface area contributed by atoms with Gasteiger partial charge in [-0.25, -0.2) is 8.42 Å². The minimum atomic E-state index is -3.74. The van der Waals surface area contributed by atoms with Gasteiger partial charge in [0.05, 0.1) is 4.90 Å². The maximum absolute atomic E-state index is 12.9. The highest BCUT2D eigenvalue weighted by Gasteiger charge is 2.22. The van der Waals surface area contributed by atoms with Gasteiger partial charge in [-0.3, -0.25) is 14.4 Å². The van der Waals surface area contributed by atoms with Crippen molar-refractivity contribution in [3.05, 3.63) is 59.2 Å². The van der Waals surface area contributed by atoms with Crippen molar-refractivity contribution in [3.63, 3.8) is 0 Å². The molecule has 0 saturated carbocycles. The number of carbonyl (C=O) groups excluding carboxylic acids is 1. The molecule has 0 bridgehead atoms. The number of amides is 1. The van der Waals surface area contributed by atoms with E-state index in [9.17, 15) is 13.2 Å². The number of nitrogens with one attached hydrogen (secondary N) is 2. The molecule has 0 aromatic heterocycles. The minimum absolute atomic E-state index is 0.204. The van der Waals surface area contributed by atoms with Crippen molar-refractivity contribution in [2.75, 3.05) is 24.4 Å². The van der Waals surface area contributed by atoms with E-state index in [1.54, 1.807) is 43.3 Å². The van der Waals surface area contributed by atoms with E-state index in [4.69, 9.17) is 0 Å². The summed E-state index contributed by atoms with van der Waals surface area (Å²) < 4.78 is 28.3. The second-order valence-electron chi connectivity index (χ2n) is 8.76. The Hall–Kier alpha value is -2.38. The van der Waals surface area contributed by atoms with Gasteiger partial charge >= 0.3 is 0 Å². The molecule has 1 saturated heterocycles. The molecule has 168 valence electrons. The molecule has 1 amide bonds. The van der Waals surface area contributed by atoms with Crippen LogP contribution in [0, 0.1) is 19.8 Å². The highest BCUT2D eigenvalue weighted by Crippen LogP contribution is 2.21. The molecule has 1 aliphatic rings. The zero-order valence-electron chi connectivity index (χ0n) is 18.8. The summed E-state index contributed by atoms with van der Waals surface area (Å²) in [5.74, 6) is 0.485. The van der Waals surface area contributed by atoms with Gasteiger partial charge in [0.15, 0.2) is 0 Å². The van der Waals surface area contributed by atoms with Crippen LogP contribution in [0.3, 0.4) is 0 Å². The quantitative estimate of drug-likeness (QED) is 0.679. The molecular weight excluding hydrogens is 410 g/mol. The van der Waals surface area contributed by atoms with Gasteiger partial charge < -0.3 is 5.32 Å². The summed E-state index contributed by atoms with van der Waals surface area (Å²) in [6.45, 7) is 10.7. The van der Waals surface area contributed by atoms with Crippen LogP contribution < -0.4 is 10.0 Å². The molecule has 2 atom stereocenters. The predicted octanol–water partition coefficient (Wildman–Crippen LogP) is 3.95. The topological polar surface area (TPSA) is 78.5 Å². The number of rotatable bonds is 7. The van der Waals surface area contributed by atoms with Crippen molar-refractivity contribution in [1.29, 1.82) is 0 Å². The average molecular weight is 444 g/mol. The van der Waals surface area contributed by atoms with Gasteiger partial charge in [-0.1, -0.05) is 25.1 Å². The summed E-state index contributed by atoms with van der Waals surface area (Å²) in [6.07, 6.45) is 2.46. The van der Waals surface area contributed by atoms with Gasteiger partial charge in [-0.2, -0.15) is 0 Å². The lowest BCUT2D eigenvalue weighted by Gasteiger charge is -2.35. The first-order valence-electron chi connectivity index (χ1n) is 10.9. The molecular formula is C24H33N3O3S. The maximum Gasteiger partial charge on any atom is 0.262 e. The Labute approximate surface area is 186 Å². The number of hydrogen-bond acceptors (Lipinski definition) is 4. The van der Waals surface area contributed by atoms with Crippen molar-refractivity contribution in [3.8, 4) is 0 Å². The van der Waals surface area contributed by atoms with Crippen molar-refractivity contribution in [1.82, 2.24) is 10.2 Å². The van der Waals surface area contributed by atoms with E-state index in [0.717, 1.165) is 18.7 Å². The monoisotopic (exact) mass is 443 g/mol. The molecule has 31 heavy (non-hydrogen) atoms. The number of benzene rings is 2. The lowest BCUT2D eigenvalue weighted by atomic mass is 9.99. The van der Waals surface area contributed by atoms with Crippen LogP contribution in [0.15, 0.2) is 47.4 Å². The number of piperidine rings is 1. The molecule has 0 aliphatic carbocycles. The molecule has 1 aliphatic heterocycles. The molecule has 7 heteroatoms. The second-order valence-corrected chi connectivity index (χ2v) is 10.4. The summed E-state index contributed by atoms with van der Waals surface area (Å²) in [7, 11) is -3.74. The van der Waals surface area contributed by atoms with Gasteiger partial charge in [0.2, 0.25) is 0 Å². The first-order valence-corrected chi connectivity index (χ1v) is 12.4. The number of nitrogens with zero attached hydrogens (tertiary/aromatic N) is 1. The van der Waals surface area contributed by atoms with Crippen LogP contribution in [-0.2, 0) is 10.0 Å². The highest BCUT2D eigenvalue weighted by atomic mass is 32.2. The molecule has 2 N–H and O–H groups in total. The van der Waals surface area contributed by atoms with E-state index >= 15 is 0 Å². The van der Waals surface area contributed by atoms with Crippen LogP contribution in [-0.4, -0.2) is 44.9 Å². The standard InChI is InChI=1S/C24H33N3O3S/c1-17-10-11-19(3)23(13-17)31(29,30)26-22-9-5-8-21(14-22)24(28)25-15-20(4)27-12-6-7-18(2)16-27/h5,8-11,13-14,18,20,26H,6-7,12,15-16H2,1-4H3,(H,25,28). The minimum Gasteiger partial charge on any atom is -0.350 e. The molecule has 1 fully saturated rings. The zero-order valence-corrected chi connectivity index (χ0v) is 19.6. The van der Waals surface area contributed by atoms with Crippen LogP contribution in [0.1, 0.15) is 48.2 Å². The lowest BCUT2D eigenvalue weighted by molar-refractivity contribution is 0.0917. The lowest BCUT2D eigenvalue weighted by Crippen LogP contribution is -2.46. The third-order valence-electron chi connectivity index (χ3n) is 5.88. The Bertz CT molecular complexity index is 1040. The molecule has 2 unspecified atom stereocenters. The second kappa shape index (κ2) is 9.83. The first kappa shape index (κ1) is 23.3. The molecule has 1 heterocycles. The van der Waals surface area contributed by atoms with Gasteiger partial charge in [-0.05, 0) is 81.5 Å². The summed E-state index contributed by atoms with van der Waals surface area (Å²) in [5, 5.41) is 2.99. The molecule has 2 aromatic rings. The SMILES string of the molecule is Cc1ccc(C)c(S(=O)(=O)Nc2cccc(C(=O)NCC(C)N3CCCC(C)C3)c2)c1. The number of likely N-dealkylation sites (tertiary alicyclic amines) is 1. The van der Waals surface area contributed by atoms with E-state index in [2.05, 4.69) is 28.8 Å². The summed E-state index contributed by atoms with van der Waals surface area (Å²) in [5.41, 5.74) is 2.34. The number of aryl methyl sites for hydroxylation is 2. The number of carbonyl (C=O) groups is 1. The predicted molar refractivity (Wildman–Crippen MR) is 125 cm³/mol. The zero-order chi connectivity index (χ0) is 22.6. The van der Waals surface area contributed by atoms with Crippen molar-refractivity contribution >= 4 is 21.6 Å². The van der Waals surface area contributed by atoms with Crippen LogP contribution in [0.25, 0.3) is 0 Å². The fourth-order valence-electron chi connectivity index (χ4n) is 4.03. The molecule has 6 nitrogen and oxygen atoms in total. The largest absolute Gasteiger partial charge is 0.350 e. The third-order valence-corrected chi connectivity index (χ3v) is 7.40. The van der Waals surface area contributed by atoms with E-state index in [0.29, 0.717) is 29.3 Å². The smallest absolute Gasteiger partial charge is 0.262 e. The Morgan fingerprint density at radius 1 is 1.19 bits per heavy atom. The average Bonchev–Trinajstić information content (AvgIpc) is 2.73.